The average Bonchev–Trinajstić information content (AvgIpc) is 2.93. The van der Waals surface area contributed by atoms with E-state index in [0.29, 0.717) is 12.0 Å². The van der Waals surface area contributed by atoms with Crippen molar-refractivity contribution < 1.29 is 4.74 Å². The molecule has 0 amide bonds. The maximum absolute atomic E-state index is 4.83. The number of nitrogens with zero attached hydrogens (tertiary/aromatic N) is 1. The second kappa shape index (κ2) is 12.3. The van der Waals surface area contributed by atoms with Crippen molar-refractivity contribution in [3.8, 4) is 0 Å². The molecule has 0 unspecified atom stereocenters. The van der Waals surface area contributed by atoms with Gasteiger partial charge in [0, 0.05) is 43.1 Å². The van der Waals surface area contributed by atoms with Crippen LogP contribution in [0.3, 0.4) is 0 Å². The number of aromatic nitrogens is 1. The van der Waals surface area contributed by atoms with Crippen LogP contribution in [0, 0.1) is 0 Å². The van der Waals surface area contributed by atoms with E-state index < -0.39 is 0 Å². The van der Waals surface area contributed by atoms with E-state index in [2.05, 4.69) is 66.6 Å². The van der Waals surface area contributed by atoms with Crippen LogP contribution in [0.2, 0.25) is 0 Å². The SMILES string of the molecule is CC1(C)N[C@@H](c2ccccc2)C[C@H]1c1ccncc1.CCOCC.Cl.Cl. The lowest BCUT2D eigenvalue weighted by Gasteiger charge is -2.27. The zero-order valence-electron chi connectivity index (χ0n) is 16.1. The molecule has 1 aliphatic rings. The number of pyridine rings is 1. The van der Waals surface area contributed by atoms with Gasteiger partial charge in [0.2, 0.25) is 0 Å². The van der Waals surface area contributed by atoms with Crippen molar-refractivity contribution in [1.82, 2.24) is 10.3 Å². The van der Waals surface area contributed by atoms with E-state index >= 15 is 0 Å². The molecule has 0 saturated carbocycles. The Kier molecular flexibility index (Phi) is 11.8. The standard InChI is InChI=1S/C17H20N2.C4H10O.2ClH/c1-17(2)15(13-8-10-18-11-9-13)12-16(19-17)14-6-4-3-5-7-14;1-3-5-4-2;;/h3-11,15-16,19H,12H2,1-2H3;3-4H2,1-2H3;2*1H/t15-,16+;;;/m0.../s1. The van der Waals surface area contributed by atoms with Gasteiger partial charge in [-0.15, -0.1) is 24.8 Å². The summed E-state index contributed by atoms with van der Waals surface area (Å²) in [5, 5.41) is 3.77. The molecule has 1 saturated heterocycles. The Labute approximate surface area is 170 Å². The zero-order valence-corrected chi connectivity index (χ0v) is 17.8. The maximum atomic E-state index is 4.83. The van der Waals surface area contributed by atoms with Gasteiger partial charge >= 0.3 is 0 Å². The van der Waals surface area contributed by atoms with Crippen LogP contribution in [0.5, 0.6) is 0 Å². The Bertz CT molecular complexity index is 591. The molecule has 1 aromatic carbocycles. The molecule has 146 valence electrons. The van der Waals surface area contributed by atoms with Crippen LogP contribution in [0.4, 0.5) is 0 Å². The Morgan fingerprint density at radius 2 is 1.54 bits per heavy atom. The molecule has 0 radical (unpaired) electrons. The van der Waals surface area contributed by atoms with E-state index in [0.717, 1.165) is 19.6 Å². The molecule has 2 heterocycles. The van der Waals surface area contributed by atoms with Gasteiger partial charge in [-0.05, 0) is 57.4 Å². The number of rotatable bonds is 4. The van der Waals surface area contributed by atoms with Crippen molar-refractivity contribution in [2.24, 2.45) is 0 Å². The zero-order chi connectivity index (χ0) is 17.4. The first kappa shape index (κ1) is 24.9. The minimum atomic E-state index is 0. The van der Waals surface area contributed by atoms with Gasteiger partial charge in [-0.2, -0.15) is 0 Å². The van der Waals surface area contributed by atoms with Crippen LogP contribution < -0.4 is 5.32 Å². The second-order valence-corrected chi connectivity index (χ2v) is 6.68. The maximum Gasteiger partial charge on any atom is 0.0437 e. The summed E-state index contributed by atoms with van der Waals surface area (Å²) < 4.78 is 4.83. The minimum absolute atomic E-state index is 0. The highest BCUT2D eigenvalue weighted by Gasteiger charge is 2.40. The van der Waals surface area contributed by atoms with E-state index in [9.17, 15) is 0 Å². The van der Waals surface area contributed by atoms with Gasteiger partial charge in [-0.1, -0.05) is 30.3 Å². The molecule has 3 rings (SSSR count). The Morgan fingerprint density at radius 1 is 0.962 bits per heavy atom. The predicted molar refractivity (Wildman–Crippen MR) is 115 cm³/mol. The number of hydrogen-bond acceptors (Lipinski definition) is 3. The van der Waals surface area contributed by atoms with Crippen molar-refractivity contribution in [2.75, 3.05) is 13.2 Å². The van der Waals surface area contributed by atoms with Crippen molar-refractivity contribution in [3.63, 3.8) is 0 Å². The molecule has 0 aliphatic carbocycles. The number of halogens is 2. The largest absolute Gasteiger partial charge is 0.382 e. The van der Waals surface area contributed by atoms with Crippen LogP contribution in [0.25, 0.3) is 0 Å². The van der Waals surface area contributed by atoms with Crippen molar-refractivity contribution in [1.29, 1.82) is 0 Å². The lowest BCUT2D eigenvalue weighted by molar-refractivity contribution is 0.162. The van der Waals surface area contributed by atoms with Crippen LogP contribution in [-0.2, 0) is 4.74 Å². The van der Waals surface area contributed by atoms with Crippen LogP contribution in [0.1, 0.15) is 57.2 Å². The number of nitrogens with one attached hydrogen (secondary N) is 1. The summed E-state index contributed by atoms with van der Waals surface area (Å²) in [6.45, 7) is 10.3. The predicted octanol–water partition coefficient (Wildman–Crippen LogP) is 5.56. The van der Waals surface area contributed by atoms with Gasteiger partial charge in [0.25, 0.3) is 0 Å². The molecule has 5 heteroatoms. The quantitative estimate of drug-likeness (QED) is 0.730. The molecule has 1 N–H and O–H groups in total. The molecular formula is C21H32Cl2N2O. The lowest BCUT2D eigenvalue weighted by Crippen LogP contribution is -2.37. The highest BCUT2D eigenvalue weighted by atomic mass is 35.5. The summed E-state index contributed by atoms with van der Waals surface area (Å²) >= 11 is 0. The molecule has 2 aromatic rings. The topological polar surface area (TPSA) is 34.2 Å². The summed E-state index contributed by atoms with van der Waals surface area (Å²) in [6, 6.07) is 15.4. The van der Waals surface area contributed by atoms with E-state index in [1.807, 2.05) is 26.2 Å². The fraction of sp³-hybridized carbons (Fsp3) is 0.476. The summed E-state index contributed by atoms with van der Waals surface area (Å²) in [5.74, 6) is 0.528. The molecule has 2 atom stereocenters. The fourth-order valence-corrected chi connectivity index (χ4v) is 3.40. The van der Waals surface area contributed by atoms with E-state index in [1.54, 1.807) is 0 Å². The minimum Gasteiger partial charge on any atom is -0.382 e. The third-order valence-electron chi connectivity index (χ3n) is 4.61. The first-order chi connectivity index (χ1) is 11.6. The molecule has 1 aliphatic heterocycles. The monoisotopic (exact) mass is 398 g/mol. The van der Waals surface area contributed by atoms with Crippen LogP contribution in [0.15, 0.2) is 54.9 Å². The molecule has 0 spiro atoms. The molecule has 26 heavy (non-hydrogen) atoms. The Morgan fingerprint density at radius 3 is 2.04 bits per heavy atom. The Balaban J connectivity index is 0.000000798. The van der Waals surface area contributed by atoms with Crippen molar-refractivity contribution in [2.45, 2.75) is 51.6 Å². The first-order valence-corrected chi connectivity index (χ1v) is 8.88. The number of benzene rings is 1. The summed E-state index contributed by atoms with van der Waals surface area (Å²) in [6.07, 6.45) is 4.92. The lowest BCUT2D eigenvalue weighted by atomic mass is 9.83. The Hall–Kier alpha value is -1.13. The fourth-order valence-electron chi connectivity index (χ4n) is 3.40. The first-order valence-electron chi connectivity index (χ1n) is 8.88. The summed E-state index contributed by atoms with van der Waals surface area (Å²) in [5.41, 5.74) is 2.88. The second-order valence-electron chi connectivity index (χ2n) is 6.68. The number of hydrogen-bond donors (Lipinski definition) is 1. The van der Waals surface area contributed by atoms with Gasteiger partial charge in [0.15, 0.2) is 0 Å². The molecule has 1 fully saturated rings. The van der Waals surface area contributed by atoms with E-state index in [1.165, 1.54) is 11.1 Å². The van der Waals surface area contributed by atoms with Crippen molar-refractivity contribution in [3.05, 3.63) is 66.0 Å². The van der Waals surface area contributed by atoms with E-state index in [4.69, 9.17) is 4.74 Å². The van der Waals surface area contributed by atoms with Gasteiger partial charge in [0.1, 0.15) is 0 Å². The van der Waals surface area contributed by atoms with Gasteiger partial charge in [0.05, 0.1) is 0 Å². The smallest absolute Gasteiger partial charge is 0.0437 e. The highest BCUT2D eigenvalue weighted by molar-refractivity contribution is 5.85. The summed E-state index contributed by atoms with van der Waals surface area (Å²) in [7, 11) is 0. The normalized spacial score (nSPS) is 20.2. The van der Waals surface area contributed by atoms with Crippen LogP contribution in [-0.4, -0.2) is 23.7 Å². The van der Waals surface area contributed by atoms with Crippen molar-refractivity contribution >= 4 is 24.8 Å². The van der Waals surface area contributed by atoms with Gasteiger partial charge in [-0.3, -0.25) is 4.98 Å². The molecule has 3 nitrogen and oxygen atoms in total. The van der Waals surface area contributed by atoms with Gasteiger partial charge in [-0.25, -0.2) is 0 Å². The highest BCUT2D eigenvalue weighted by Crippen LogP contribution is 2.43. The van der Waals surface area contributed by atoms with Gasteiger partial charge < -0.3 is 10.1 Å². The molecule has 0 bridgehead atoms. The summed E-state index contributed by atoms with van der Waals surface area (Å²) in [4.78, 5) is 4.12. The average molecular weight is 399 g/mol. The van der Waals surface area contributed by atoms with E-state index in [-0.39, 0.29) is 30.4 Å². The molecule has 1 aromatic heterocycles. The number of ether oxygens (including phenoxy) is 1. The third-order valence-corrected chi connectivity index (χ3v) is 4.61. The van der Waals surface area contributed by atoms with Crippen LogP contribution >= 0.6 is 24.8 Å². The third kappa shape index (κ3) is 6.88. The molecular weight excluding hydrogens is 367 g/mol.